The lowest BCUT2D eigenvalue weighted by Crippen LogP contribution is -2.51. The minimum Gasteiger partial charge on any atom is -0.352 e. The first-order valence-electron chi connectivity index (χ1n) is 8.86. The molecule has 6 nitrogen and oxygen atoms in total. The van der Waals surface area contributed by atoms with Crippen LogP contribution in [0.25, 0.3) is 0 Å². The second kappa shape index (κ2) is 8.33. The van der Waals surface area contributed by atoms with E-state index < -0.39 is 10.0 Å². The molecule has 1 aromatic carbocycles. The van der Waals surface area contributed by atoms with Gasteiger partial charge in [0.25, 0.3) is 0 Å². The average molecular weight is 380 g/mol. The summed E-state index contributed by atoms with van der Waals surface area (Å²) in [6, 6.07) is 2.03. The summed E-state index contributed by atoms with van der Waals surface area (Å²) in [4.78, 5) is 14.2. The highest BCUT2D eigenvalue weighted by molar-refractivity contribution is 7.89. The summed E-state index contributed by atoms with van der Waals surface area (Å²) in [5.41, 5.74) is 3.62. The molecule has 0 spiro atoms. The molecule has 144 valence electrons. The molecule has 1 fully saturated rings. The maximum atomic E-state index is 13.2. The molecular formula is C19H29N3O3S. The normalized spacial score (nSPS) is 16.5. The second-order valence-corrected chi connectivity index (χ2v) is 8.74. The Morgan fingerprint density at radius 1 is 1.12 bits per heavy atom. The van der Waals surface area contributed by atoms with E-state index in [9.17, 15) is 13.2 Å². The number of amides is 1. The van der Waals surface area contributed by atoms with Crippen LogP contribution in [0.3, 0.4) is 0 Å². The first-order valence-corrected chi connectivity index (χ1v) is 10.3. The number of aryl methyl sites for hydroxylation is 2. The Bertz CT molecular complexity index is 768. The molecule has 0 unspecified atom stereocenters. The number of carbonyl (C=O) groups is 1. The van der Waals surface area contributed by atoms with Crippen molar-refractivity contribution < 1.29 is 13.2 Å². The Labute approximate surface area is 156 Å². The van der Waals surface area contributed by atoms with E-state index in [1.165, 1.54) is 0 Å². The number of rotatable bonds is 6. The van der Waals surface area contributed by atoms with Gasteiger partial charge in [-0.2, -0.15) is 4.31 Å². The van der Waals surface area contributed by atoms with Crippen molar-refractivity contribution in [2.45, 2.75) is 32.6 Å². The Kier molecular flexibility index (Phi) is 6.60. The van der Waals surface area contributed by atoms with E-state index in [0.717, 1.165) is 22.3 Å². The molecule has 0 aromatic heterocycles. The fourth-order valence-corrected chi connectivity index (χ4v) is 5.27. The number of hydrogen-bond acceptors (Lipinski definition) is 4. The van der Waals surface area contributed by atoms with E-state index in [1.54, 1.807) is 10.4 Å². The second-order valence-electron chi connectivity index (χ2n) is 6.86. The highest BCUT2D eigenvalue weighted by atomic mass is 32.2. The maximum absolute atomic E-state index is 13.2. The first-order chi connectivity index (χ1) is 12.2. The number of nitrogens with one attached hydrogen (secondary N) is 1. The molecule has 2 rings (SSSR count). The Morgan fingerprint density at radius 3 is 2.15 bits per heavy atom. The van der Waals surface area contributed by atoms with Gasteiger partial charge >= 0.3 is 0 Å². The van der Waals surface area contributed by atoms with Crippen LogP contribution in [0.5, 0.6) is 0 Å². The van der Waals surface area contributed by atoms with Gasteiger partial charge in [-0.3, -0.25) is 9.69 Å². The summed E-state index contributed by atoms with van der Waals surface area (Å²) >= 11 is 0. The fraction of sp³-hybridized carbons (Fsp3) is 0.526. The first kappa shape index (κ1) is 20.6. The monoisotopic (exact) mass is 379 g/mol. The molecule has 1 amide bonds. The van der Waals surface area contributed by atoms with Crippen LogP contribution in [-0.2, 0) is 14.8 Å². The zero-order valence-electron chi connectivity index (χ0n) is 16.1. The van der Waals surface area contributed by atoms with Crippen molar-refractivity contribution in [3.63, 3.8) is 0 Å². The zero-order valence-corrected chi connectivity index (χ0v) is 16.9. The maximum Gasteiger partial charge on any atom is 0.243 e. The minimum atomic E-state index is -3.54. The van der Waals surface area contributed by atoms with Crippen LogP contribution < -0.4 is 5.32 Å². The highest BCUT2D eigenvalue weighted by Gasteiger charge is 2.32. The summed E-state index contributed by atoms with van der Waals surface area (Å²) in [7, 11) is -3.54. The van der Waals surface area contributed by atoms with Crippen molar-refractivity contribution in [3.8, 4) is 0 Å². The number of hydrogen-bond donors (Lipinski definition) is 1. The van der Waals surface area contributed by atoms with Gasteiger partial charge in [-0.15, -0.1) is 6.58 Å². The van der Waals surface area contributed by atoms with Crippen LogP contribution in [0, 0.1) is 27.7 Å². The highest BCUT2D eigenvalue weighted by Crippen LogP contribution is 2.29. The molecule has 0 saturated carbocycles. The number of nitrogens with zero attached hydrogens (tertiary/aromatic N) is 2. The molecule has 1 aliphatic rings. The van der Waals surface area contributed by atoms with E-state index in [1.807, 2.05) is 38.7 Å². The zero-order chi connectivity index (χ0) is 19.5. The van der Waals surface area contributed by atoms with Gasteiger partial charge in [-0.25, -0.2) is 8.42 Å². The van der Waals surface area contributed by atoms with Gasteiger partial charge in [0.05, 0.1) is 11.4 Å². The lowest BCUT2D eigenvalue weighted by atomic mass is 10.0. The van der Waals surface area contributed by atoms with Crippen molar-refractivity contribution >= 4 is 15.9 Å². The molecule has 1 N–H and O–H groups in total. The van der Waals surface area contributed by atoms with Crippen LogP contribution in [0.2, 0.25) is 0 Å². The molecule has 1 aromatic rings. The van der Waals surface area contributed by atoms with E-state index in [0.29, 0.717) is 37.6 Å². The van der Waals surface area contributed by atoms with Crippen molar-refractivity contribution in [1.29, 1.82) is 0 Å². The fourth-order valence-electron chi connectivity index (χ4n) is 3.27. The van der Waals surface area contributed by atoms with Crippen LogP contribution in [0.4, 0.5) is 0 Å². The molecule has 0 bridgehead atoms. The van der Waals surface area contributed by atoms with Gasteiger partial charge in [0.1, 0.15) is 0 Å². The van der Waals surface area contributed by atoms with Crippen molar-refractivity contribution in [3.05, 3.63) is 41.0 Å². The SMILES string of the molecule is C=CCNC(=O)CN1CCN(S(=O)(=O)c2c(C)c(C)cc(C)c2C)CC1. The van der Waals surface area contributed by atoms with E-state index in [-0.39, 0.29) is 12.5 Å². The smallest absolute Gasteiger partial charge is 0.243 e. The molecule has 0 atom stereocenters. The predicted molar refractivity (Wildman–Crippen MR) is 104 cm³/mol. The van der Waals surface area contributed by atoms with Crippen LogP contribution in [0.15, 0.2) is 23.6 Å². The largest absolute Gasteiger partial charge is 0.352 e. The van der Waals surface area contributed by atoms with Gasteiger partial charge in [-0.05, 0) is 49.9 Å². The minimum absolute atomic E-state index is 0.0674. The van der Waals surface area contributed by atoms with E-state index in [4.69, 9.17) is 0 Å². The number of sulfonamides is 1. The van der Waals surface area contributed by atoms with Gasteiger partial charge in [-0.1, -0.05) is 12.1 Å². The van der Waals surface area contributed by atoms with Crippen molar-refractivity contribution in [2.75, 3.05) is 39.3 Å². The van der Waals surface area contributed by atoms with Gasteiger partial charge in [0, 0.05) is 32.7 Å². The number of piperazine rings is 1. The quantitative estimate of drug-likeness (QED) is 0.761. The van der Waals surface area contributed by atoms with Gasteiger partial charge < -0.3 is 5.32 Å². The third-order valence-corrected chi connectivity index (χ3v) is 7.21. The third-order valence-electron chi connectivity index (χ3n) is 5.04. The topological polar surface area (TPSA) is 69.7 Å². The lowest BCUT2D eigenvalue weighted by Gasteiger charge is -2.34. The summed E-state index contributed by atoms with van der Waals surface area (Å²) in [5.74, 6) is -0.0674. The molecule has 7 heteroatoms. The summed E-state index contributed by atoms with van der Waals surface area (Å²) < 4.78 is 28.0. The predicted octanol–water partition coefficient (Wildman–Crippen LogP) is 1.53. The van der Waals surface area contributed by atoms with Crippen molar-refractivity contribution in [2.24, 2.45) is 0 Å². The van der Waals surface area contributed by atoms with E-state index >= 15 is 0 Å². The number of carbonyl (C=O) groups excluding carboxylic acids is 1. The molecule has 0 aliphatic carbocycles. The van der Waals surface area contributed by atoms with Crippen LogP contribution in [-0.4, -0.2) is 62.8 Å². The molecular weight excluding hydrogens is 350 g/mol. The van der Waals surface area contributed by atoms with Gasteiger partial charge in [0.2, 0.25) is 15.9 Å². The average Bonchev–Trinajstić information content (AvgIpc) is 2.58. The molecule has 1 heterocycles. The standard InChI is InChI=1S/C19H29N3O3S/c1-6-7-20-18(23)13-21-8-10-22(11-9-21)26(24,25)19-16(4)14(2)12-15(3)17(19)5/h6,12H,1,7-11,13H2,2-5H3,(H,20,23). The lowest BCUT2D eigenvalue weighted by molar-refractivity contribution is -0.122. The molecule has 0 radical (unpaired) electrons. The molecule has 1 saturated heterocycles. The number of benzene rings is 1. The molecule has 26 heavy (non-hydrogen) atoms. The van der Waals surface area contributed by atoms with Crippen LogP contribution >= 0.6 is 0 Å². The van der Waals surface area contributed by atoms with Crippen molar-refractivity contribution in [1.82, 2.24) is 14.5 Å². The summed E-state index contributed by atoms with van der Waals surface area (Å²) in [5, 5.41) is 2.74. The third kappa shape index (κ3) is 4.34. The summed E-state index contributed by atoms with van der Waals surface area (Å²) in [6.45, 7) is 13.8. The van der Waals surface area contributed by atoms with E-state index in [2.05, 4.69) is 11.9 Å². The Morgan fingerprint density at radius 2 is 1.65 bits per heavy atom. The van der Waals surface area contributed by atoms with Gasteiger partial charge in [0.15, 0.2) is 0 Å². The Balaban J connectivity index is 2.12. The van der Waals surface area contributed by atoms with Crippen LogP contribution in [0.1, 0.15) is 22.3 Å². The Hall–Kier alpha value is -1.70. The summed E-state index contributed by atoms with van der Waals surface area (Å²) in [6.07, 6.45) is 1.64. The molecule has 1 aliphatic heterocycles.